The van der Waals surface area contributed by atoms with Crippen LogP contribution in [0.4, 0.5) is 0 Å². The van der Waals surface area contributed by atoms with E-state index < -0.39 is 0 Å². The topological polar surface area (TPSA) is 68.2 Å². The van der Waals surface area contributed by atoms with Crippen LogP contribution in [0, 0.1) is 0 Å². The highest BCUT2D eigenvalue weighted by atomic mass is 32.1. The van der Waals surface area contributed by atoms with E-state index in [2.05, 4.69) is 27.8 Å². The third-order valence-electron chi connectivity index (χ3n) is 2.35. The van der Waals surface area contributed by atoms with Crippen LogP contribution in [-0.2, 0) is 0 Å². The van der Waals surface area contributed by atoms with Crippen LogP contribution in [0.25, 0.3) is 5.69 Å². The molecule has 0 atom stereocenters. The third-order valence-corrected chi connectivity index (χ3v) is 2.45. The molecule has 0 fully saturated rings. The van der Waals surface area contributed by atoms with Crippen molar-refractivity contribution in [1.29, 1.82) is 0 Å². The van der Waals surface area contributed by atoms with Crippen LogP contribution in [0.1, 0.15) is 12.5 Å². The summed E-state index contributed by atoms with van der Waals surface area (Å²) in [7, 11) is 0. The molecule has 0 aliphatic rings. The quantitative estimate of drug-likeness (QED) is 0.497. The first-order valence-electron chi connectivity index (χ1n) is 5.37. The maximum Gasteiger partial charge on any atom is 0.184 e. The number of hydrogen-bond acceptors (Lipinski definition) is 3. The maximum atomic E-state index is 5.31. The number of nitrogens with one attached hydrogen (secondary N) is 1. The highest BCUT2D eigenvalue weighted by molar-refractivity contribution is 7.80. The molecule has 0 amide bonds. The van der Waals surface area contributed by atoms with Crippen molar-refractivity contribution in [1.82, 2.24) is 15.2 Å². The average Bonchev–Trinajstić information content (AvgIpc) is 2.86. The molecule has 0 saturated heterocycles. The third kappa shape index (κ3) is 2.92. The molecule has 1 aromatic heterocycles. The monoisotopic (exact) mass is 259 g/mol. The molecule has 0 radical (unpaired) electrons. The van der Waals surface area contributed by atoms with Crippen molar-refractivity contribution in [2.75, 3.05) is 0 Å². The summed E-state index contributed by atoms with van der Waals surface area (Å²) in [5.41, 5.74) is 10.5. The highest BCUT2D eigenvalue weighted by Gasteiger charge is 2.03. The summed E-state index contributed by atoms with van der Waals surface area (Å²) in [6.45, 7) is 1.86. The molecule has 0 bridgehead atoms. The van der Waals surface area contributed by atoms with Crippen molar-refractivity contribution in [3.05, 3.63) is 48.3 Å². The van der Waals surface area contributed by atoms with Crippen LogP contribution in [-0.4, -0.2) is 20.6 Å². The Morgan fingerprint density at radius 3 is 2.78 bits per heavy atom. The molecule has 1 heterocycles. The van der Waals surface area contributed by atoms with E-state index >= 15 is 0 Å². The number of thiocarbonyl (C=S) groups is 1. The predicted molar refractivity (Wildman–Crippen MR) is 75.7 cm³/mol. The number of nitrogens with two attached hydrogens (primary N) is 1. The largest absolute Gasteiger partial charge is 0.375 e. The van der Waals surface area contributed by atoms with E-state index in [0.29, 0.717) is 0 Å². The lowest BCUT2D eigenvalue weighted by atomic mass is 10.2. The SMILES string of the molecule is C/C(=N/NC(N)=S)c1cnn(-c2ccccc2)c1. The smallest absolute Gasteiger partial charge is 0.184 e. The average molecular weight is 259 g/mol. The highest BCUT2D eigenvalue weighted by Crippen LogP contribution is 2.08. The van der Waals surface area contributed by atoms with E-state index in [0.717, 1.165) is 17.0 Å². The van der Waals surface area contributed by atoms with E-state index in [4.69, 9.17) is 5.73 Å². The van der Waals surface area contributed by atoms with Gasteiger partial charge in [0.25, 0.3) is 0 Å². The molecule has 0 saturated carbocycles. The Bertz CT molecular complexity index is 573. The second kappa shape index (κ2) is 5.42. The van der Waals surface area contributed by atoms with Crippen LogP contribution in [0.15, 0.2) is 47.8 Å². The first kappa shape index (κ1) is 12.3. The Morgan fingerprint density at radius 1 is 1.39 bits per heavy atom. The standard InChI is InChI=1S/C12H13N5S/c1-9(15-16-12(13)18)10-7-14-17(8-10)11-5-3-2-4-6-11/h2-8H,1H3,(H3,13,16,18)/b15-9-. The van der Waals surface area contributed by atoms with Crippen LogP contribution >= 0.6 is 12.2 Å². The van der Waals surface area contributed by atoms with Gasteiger partial charge in [0.1, 0.15) is 0 Å². The van der Waals surface area contributed by atoms with Crippen LogP contribution in [0.5, 0.6) is 0 Å². The Balaban J connectivity index is 2.21. The van der Waals surface area contributed by atoms with Crippen molar-refractivity contribution in [2.45, 2.75) is 6.92 Å². The van der Waals surface area contributed by atoms with Gasteiger partial charge in [0, 0.05) is 11.8 Å². The molecule has 2 aromatic rings. The number of para-hydroxylation sites is 1. The molecular weight excluding hydrogens is 246 g/mol. The number of nitrogens with zero attached hydrogens (tertiary/aromatic N) is 3. The van der Waals surface area contributed by atoms with E-state index in [1.807, 2.05) is 43.5 Å². The fourth-order valence-electron chi connectivity index (χ4n) is 1.44. The number of rotatable bonds is 3. The van der Waals surface area contributed by atoms with Gasteiger partial charge in [-0.2, -0.15) is 10.2 Å². The Kier molecular flexibility index (Phi) is 3.69. The van der Waals surface area contributed by atoms with Gasteiger partial charge in [-0.1, -0.05) is 18.2 Å². The van der Waals surface area contributed by atoms with Gasteiger partial charge in [-0.15, -0.1) is 0 Å². The van der Waals surface area contributed by atoms with Gasteiger partial charge >= 0.3 is 0 Å². The molecule has 1 aromatic carbocycles. The molecular formula is C12H13N5S. The fourth-order valence-corrected chi connectivity index (χ4v) is 1.48. The summed E-state index contributed by atoms with van der Waals surface area (Å²) < 4.78 is 1.79. The van der Waals surface area contributed by atoms with E-state index in [-0.39, 0.29) is 5.11 Å². The summed E-state index contributed by atoms with van der Waals surface area (Å²) in [5.74, 6) is 0. The lowest BCUT2D eigenvalue weighted by Gasteiger charge is -2.00. The van der Waals surface area contributed by atoms with Gasteiger partial charge in [-0.3, -0.25) is 5.43 Å². The Hall–Kier alpha value is -2.21. The predicted octanol–water partition coefficient (Wildman–Crippen LogP) is 1.43. The first-order chi connectivity index (χ1) is 8.66. The molecule has 0 aliphatic carbocycles. The zero-order valence-electron chi connectivity index (χ0n) is 9.87. The minimum atomic E-state index is 0.143. The maximum absolute atomic E-state index is 5.31. The molecule has 18 heavy (non-hydrogen) atoms. The van der Waals surface area contributed by atoms with Gasteiger partial charge in [0.05, 0.1) is 17.6 Å². The van der Waals surface area contributed by atoms with Gasteiger partial charge in [-0.25, -0.2) is 4.68 Å². The summed E-state index contributed by atoms with van der Waals surface area (Å²) in [5, 5.41) is 8.47. The van der Waals surface area contributed by atoms with Crippen LogP contribution < -0.4 is 11.2 Å². The minimum absolute atomic E-state index is 0.143. The van der Waals surface area contributed by atoms with Gasteiger partial charge in [-0.05, 0) is 31.3 Å². The van der Waals surface area contributed by atoms with Crippen LogP contribution in [0.2, 0.25) is 0 Å². The molecule has 5 nitrogen and oxygen atoms in total. The summed E-state index contributed by atoms with van der Waals surface area (Å²) in [4.78, 5) is 0. The van der Waals surface area contributed by atoms with Crippen molar-refractivity contribution < 1.29 is 0 Å². The molecule has 0 spiro atoms. The van der Waals surface area contributed by atoms with Gasteiger partial charge < -0.3 is 5.73 Å². The molecule has 0 unspecified atom stereocenters. The zero-order chi connectivity index (χ0) is 13.0. The molecule has 6 heteroatoms. The molecule has 92 valence electrons. The van der Waals surface area contributed by atoms with E-state index in [9.17, 15) is 0 Å². The van der Waals surface area contributed by atoms with Gasteiger partial charge in [0.15, 0.2) is 5.11 Å². The zero-order valence-corrected chi connectivity index (χ0v) is 10.7. The number of aromatic nitrogens is 2. The lowest BCUT2D eigenvalue weighted by Crippen LogP contribution is -2.25. The lowest BCUT2D eigenvalue weighted by molar-refractivity contribution is 0.880. The second-order valence-corrected chi connectivity index (χ2v) is 4.12. The Morgan fingerprint density at radius 2 is 2.11 bits per heavy atom. The molecule has 0 aliphatic heterocycles. The van der Waals surface area contributed by atoms with Crippen molar-refractivity contribution >= 4 is 23.0 Å². The summed E-state index contributed by atoms with van der Waals surface area (Å²) in [6, 6.07) is 9.86. The number of benzene rings is 1. The normalized spacial score (nSPS) is 11.3. The first-order valence-corrected chi connectivity index (χ1v) is 5.78. The Labute approximate surface area is 110 Å². The fraction of sp³-hybridized carbons (Fsp3) is 0.0833. The number of hydrogen-bond donors (Lipinski definition) is 2. The van der Waals surface area contributed by atoms with Crippen molar-refractivity contribution in [3.8, 4) is 5.69 Å². The minimum Gasteiger partial charge on any atom is -0.375 e. The number of hydrazone groups is 1. The molecule has 3 N–H and O–H groups in total. The van der Waals surface area contributed by atoms with Gasteiger partial charge in [0.2, 0.25) is 0 Å². The summed E-state index contributed by atoms with van der Waals surface area (Å²) in [6.07, 6.45) is 3.64. The second-order valence-electron chi connectivity index (χ2n) is 3.68. The molecule has 2 rings (SSSR count). The van der Waals surface area contributed by atoms with Crippen molar-refractivity contribution in [2.24, 2.45) is 10.8 Å². The van der Waals surface area contributed by atoms with Crippen LogP contribution in [0.3, 0.4) is 0 Å². The summed E-state index contributed by atoms with van der Waals surface area (Å²) >= 11 is 4.68. The van der Waals surface area contributed by atoms with Crippen molar-refractivity contribution in [3.63, 3.8) is 0 Å². The van der Waals surface area contributed by atoms with E-state index in [1.54, 1.807) is 10.9 Å². The van der Waals surface area contributed by atoms with E-state index in [1.165, 1.54) is 0 Å².